The number of ether oxygens (including phenoxy) is 1. The van der Waals surface area contributed by atoms with E-state index >= 15 is 0 Å². The Morgan fingerprint density at radius 1 is 1.64 bits per heavy atom. The van der Waals surface area contributed by atoms with Crippen molar-refractivity contribution < 1.29 is 9.53 Å². The van der Waals surface area contributed by atoms with Gasteiger partial charge in [-0.25, -0.2) is 4.79 Å². The van der Waals surface area contributed by atoms with Crippen LogP contribution in [-0.2, 0) is 4.74 Å². The van der Waals surface area contributed by atoms with Gasteiger partial charge in [0.25, 0.3) is 0 Å². The molecule has 4 heteroatoms. The monoisotopic (exact) mass is 173 g/mol. The molecule has 1 aliphatic rings. The molecule has 0 saturated carbocycles. The van der Waals surface area contributed by atoms with Crippen molar-refractivity contribution in [1.82, 2.24) is 4.90 Å². The number of carbonyl (C=O) groups excluding carboxylic acids is 1. The van der Waals surface area contributed by atoms with E-state index in [4.69, 9.17) is 17.0 Å². The summed E-state index contributed by atoms with van der Waals surface area (Å²) >= 11 is 4.89. The third-order valence-corrected chi connectivity index (χ3v) is 2.09. The minimum absolute atomic E-state index is 0.0301. The lowest BCUT2D eigenvalue weighted by Gasteiger charge is -2.18. The summed E-state index contributed by atoms with van der Waals surface area (Å²) in [5.74, 6) is 0.318. The smallest absolute Gasteiger partial charge is 0.401 e. The van der Waals surface area contributed by atoms with Crippen molar-refractivity contribution in [3.8, 4) is 0 Å². The number of likely N-dealkylation sites (N-methyl/N-ethyl adjacent to an activating group) is 1. The Hall–Kier alpha value is -0.640. The molecule has 0 N–H and O–H groups in total. The average molecular weight is 173 g/mol. The van der Waals surface area contributed by atoms with Crippen molar-refractivity contribution in [2.75, 3.05) is 7.05 Å². The van der Waals surface area contributed by atoms with Crippen LogP contribution in [0.2, 0.25) is 0 Å². The second-order valence-electron chi connectivity index (χ2n) is 2.99. The third-order valence-electron chi connectivity index (χ3n) is 1.77. The number of thiocarbonyl (C=S) groups is 1. The highest BCUT2D eigenvalue weighted by Gasteiger charge is 2.36. The molecule has 1 heterocycles. The van der Waals surface area contributed by atoms with Crippen LogP contribution >= 0.6 is 12.2 Å². The lowest BCUT2D eigenvalue weighted by molar-refractivity contribution is 0.175. The van der Waals surface area contributed by atoms with E-state index in [1.807, 2.05) is 13.8 Å². The second-order valence-corrected chi connectivity index (χ2v) is 3.39. The van der Waals surface area contributed by atoms with E-state index in [0.717, 1.165) is 0 Å². The molecule has 62 valence electrons. The van der Waals surface area contributed by atoms with E-state index in [1.54, 1.807) is 7.05 Å². The van der Waals surface area contributed by atoms with Crippen LogP contribution in [0.1, 0.15) is 13.8 Å². The Morgan fingerprint density at radius 3 is 2.36 bits per heavy atom. The quantitative estimate of drug-likeness (QED) is 0.562. The summed E-state index contributed by atoms with van der Waals surface area (Å²) in [7, 11) is 1.70. The first-order valence-electron chi connectivity index (χ1n) is 3.52. The van der Waals surface area contributed by atoms with Crippen LogP contribution in [0.15, 0.2) is 0 Å². The van der Waals surface area contributed by atoms with Crippen LogP contribution in [0.25, 0.3) is 0 Å². The van der Waals surface area contributed by atoms with Crippen LogP contribution in [0.4, 0.5) is 4.79 Å². The number of rotatable bonds is 1. The van der Waals surface area contributed by atoms with Gasteiger partial charge in [-0.05, 0) is 18.1 Å². The summed E-state index contributed by atoms with van der Waals surface area (Å²) in [5, 5.41) is 0.396. The summed E-state index contributed by atoms with van der Waals surface area (Å²) in [5.41, 5.74) is 0. The zero-order valence-corrected chi connectivity index (χ0v) is 7.64. The maximum atomic E-state index is 10.9. The molecule has 1 saturated heterocycles. The van der Waals surface area contributed by atoms with Gasteiger partial charge >= 0.3 is 6.09 Å². The molecule has 1 aliphatic heterocycles. The molecule has 1 amide bonds. The Morgan fingerprint density at radius 2 is 2.18 bits per heavy atom. The van der Waals surface area contributed by atoms with E-state index in [2.05, 4.69) is 0 Å². The van der Waals surface area contributed by atoms with Crippen LogP contribution in [-0.4, -0.2) is 29.1 Å². The summed E-state index contributed by atoms with van der Waals surface area (Å²) < 4.78 is 4.77. The van der Waals surface area contributed by atoms with Gasteiger partial charge < -0.3 is 4.74 Å². The first kappa shape index (κ1) is 8.46. The topological polar surface area (TPSA) is 29.5 Å². The molecule has 0 aromatic heterocycles. The van der Waals surface area contributed by atoms with Crippen LogP contribution in [0.5, 0.6) is 0 Å². The first-order chi connectivity index (χ1) is 5.04. The second kappa shape index (κ2) is 2.77. The SMILES string of the molecule is CC(C)C1C(=S)OC(=O)N1C. The van der Waals surface area contributed by atoms with E-state index in [1.165, 1.54) is 4.90 Å². The number of nitrogens with zero attached hydrogens (tertiary/aromatic N) is 1. The normalized spacial score (nSPS) is 24.7. The van der Waals surface area contributed by atoms with Gasteiger partial charge in [0.05, 0.1) is 0 Å². The fourth-order valence-corrected chi connectivity index (χ4v) is 1.71. The Bertz CT molecular complexity index is 203. The number of hydrogen-bond donors (Lipinski definition) is 0. The van der Waals surface area contributed by atoms with Crippen molar-refractivity contribution in [1.29, 1.82) is 0 Å². The van der Waals surface area contributed by atoms with Gasteiger partial charge in [0.1, 0.15) is 6.04 Å². The molecule has 0 aromatic carbocycles. The summed E-state index contributed by atoms with van der Waals surface area (Å²) in [6, 6.07) is -0.0301. The zero-order chi connectivity index (χ0) is 8.59. The lowest BCUT2D eigenvalue weighted by Crippen LogP contribution is -2.35. The average Bonchev–Trinajstić information content (AvgIpc) is 2.07. The van der Waals surface area contributed by atoms with Gasteiger partial charge in [-0.2, -0.15) is 0 Å². The molecule has 11 heavy (non-hydrogen) atoms. The Labute approximate surface area is 71.3 Å². The predicted octanol–water partition coefficient (Wildman–Crippen LogP) is 1.42. The maximum Gasteiger partial charge on any atom is 0.416 e. The van der Waals surface area contributed by atoms with Crippen LogP contribution in [0, 0.1) is 5.92 Å². The highest BCUT2D eigenvalue weighted by atomic mass is 32.1. The van der Waals surface area contributed by atoms with Gasteiger partial charge in [0, 0.05) is 7.05 Å². The van der Waals surface area contributed by atoms with Crippen LogP contribution < -0.4 is 0 Å². The number of carbonyl (C=O) groups is 1. The van der Waals surface area contributed by atoms with E-state index in [0.29, 0.717) is 11.0 Å². The minimum Gasteiger partial charge on any atom is -0.401 e. The van der Waals surface area contributed by atoms with Crippen molar-refractivity contribution in [3.05, 3.63) is 0 Å². The van der Waals surface area contributed by atoms with Crippen molar-refractivity contribution in [2.24, 2.45) is 5.92 Å². The molecule has 1 rings (SSSR count). The molecule has 0 aliphatic carbocycles. The van der Waals surface area contributed by atoms with E-state index in [9.17, 15) is 4.79 Å². The number of hydrogen-bond acceptors (Lipinski definition) is 3. The Balaban J connectivity index is 2.79. The van der Waals surface area contributed by atoms with Gasteiger partial charge in [-0.3, -0.25) is 4.90 Å². The lowest BCUT2D eigenvalue weighted by atomic mass is 10.1. The fraction of sp³-hybridized carbons (Fsp3) is 0.714. The van der Waals surface area contributed by atoms with E-state index < -0.39 is 0 Å². The first-order valence-corrected chi connectivity index (χ1v) is 3.93. The van der Waals surface area contributed by atoms with Crippen LogP contribution in [0.3, 0.4) is 0 Å². The molecule has 0 aromatic rings. The molecule has 3 nitrogen and oxygen atoms in total. The van der Waals surface area contributed by atoms with Gasteiger partial charge in [0.2, 0.25) is 0 Å². The number of cyclic esters (lactones) is 1. The maximum absolute atomic E-state index is 10.9. The van der Waals surface area contributed by atoms with Crippen molar-refractivity contribution >= 4 is 23.4 Å². The predicted molar refractivity (Wildman–Crippen MR) is 45.5 cm³/mol. The molecule has 1 atom stereocenters. The molecule has 0 spiro atoms. The Kier molecular flexibility index (Phi) is 2.13. The molecule has 1 fully saturated rings. The highest BCUT2D eigenvalue weighted by molar-refractivity contribution is 7.80. The van der Waals surface area contributed by atoms with Gasteiger partial charge in [0.15, 0.2) is 5.05 Å². The standard InChI is InChI=1S/C7H11NO2S/c1-4(2)5-6(11)10-7(9)8(5)3/h4-5H,1-3H3. The molecular weight excluding hydrogens is 162 g/mol. The number of amides is 1. The molecule has 1 unspecified atom stereocenters. The van der Waals surface area contributed by atoms with Crippen molar-refractivity contribution in [2.45, 2.75) is 19.9 Å². The molecular formula is C7H11NO2S. The zero-order valence-electron chi connectivity index (χ0n) is 6.83. The summed E-state index contributed by atoms with van der Waals surface area (Å²) in [6.45, 7) is 4.02. The summed E-state index contributed by atoms with van der Waals surface area (Å²) in [6.07, 6.45) is -0.339. The molecule has 0 bridgehead atoms. The van der Waals surface area contributed by atoms with Gasteiger partial charge in [-0.15, -0.1) is 0 Å². The minimum atomic E-state index is -0.339. The van der Waals surface area contributed by atoms with Crippen molar-refractivity contribution in [3.63, 3.8) is 0 Å². The summed E-state index contributed by atoms with van der Waals surface area (Å²) in [4.78, 5) is 12.5. The van der Waals surface area contributed by atoms with E-state index in [-0.39, 0.29) is 12.1 Å². The highest BCUT2D eigenvalue weighted by Crippen LogP contribution is 2.19. The van der Waals surface area contributed by atoms with Gasteiger partial charge in [-0.1, -0.05) is 13.8 Å². The third kappa shape index (κ3) is 1.35. The largest absolute Gasteiger partial charge is 0.416 e. The molecule has 0 radical (unpaired) electrons. The fourth-order valence-electron chi connectivity index (χ4n) is 1.21.